The largest absolute Gasteiger partial charge is 0.205 e. The van der Waals surface area contributed by atoms with Crippen molar-refractivity contribution in [2.24, 2.45) is 0 Å². The van der Waals surface area contributed by atoms with Crippen molar-refractivity contribution in [1.29, 1.82) is 0 Å². The number of benzene rings is 1. The summed E-state index contributed by atoms with van der Waals surface area (Å²) in [5.41, 5.74) is 2.97. The van der Waals surface area contributed by atoms with Crippen molar-refractivity contribution < 1.29 is 4.48 Å². The van der Waals surface area contributed by atoms with Gasteiger partial charge in [0.15, 0.2) is 0 Å². The van der Waals surface area contributed by atoms with Crippen LogP contribution in [-0.2, 0) is 0 Å². The standard InChI is InChI=1S/C10H14ClFN2/c1-2-3-8-13-14(12)10-7-5-4-6-9(10)11/h4-7,13H,2-3,8H2,1H3. The molecule has 0 aliphatic heterocycles. The fraction of sp³-hybridized carbons (Fsp3) is 0.400. The summed E-state index contributed by atoms with van der Waals surface area (Å²) in [6.07, 6.45) is 1.97. The number of nitrogens with one attached hydrogen (secondary N) is 1. The molecule has 1 rings (SSSR count). The van der Waals surface area contributed by atoms with Gasteiger partial charge in [0.2, 0.25) is 0 Å². The van der Waals surface area contributed by atoms with Gasteiger partial charge in [-0.15, -0.1) is 5.23 Å². The minimum atomic E-state index is 0.352. The Hall–Kier alpha value is -0.800. The molecule has 0 aromatic heterocycles. The maximum Gasteiger partial charge on any atom is 0.106 e. The van der Waals surface area contributed by atoms with E-state index in [9.17, 15) is 4.48 Å². The first-order chi connectivity index (χ1) is 6.75. The Kier molecular flexibility index (Phi) is 4.70. The summed E-state index contributed by atoms with van der Waals surface area (Å²) in [6, 6.07) is 6.80. The van der Waals surface area contributed by atoms with E-state index in [0.29, 0.717) is 22.5 Å². The molecule has 0 atom stereocenters. The average molecular weight is 217 g/mol. The van der Waals surface area contributed by atoms with Crippen LogP contribution in [0.5, 0.6) is 0 Å². The highest BCUT2D eigenvalue weighted by molar-refractivity contribution is 6.33. The van der Waals surface area contributed by atoms with Gasteiger partial charge >= 0.3 is 0 Å². The molecule has 4 heteroatoms. The van der Waals surface area contributed by atoms with Gasteiger partial charge in [-0.25, -0.2) is 5.43 Å². The third kappa shape index (κ3) is 3.16. The van der Waals surface area contributed by atoms with Crippen LogP contribution in [0.2, 0.25) is 5.02 Å². The second kappa shape index (κ2) is 5.83. The lowest BCUT2D eigenvalue weighted by Crippen LogP contribution is -2.31. The molecular weight excluding hydrogens is 203 g/mol. The van der Waals surface area contributed by atoms with E-state index in [2.05, 4.69) is 12.3 Å². The number of rotatable bonds is 5. The molecule has 0 unspecified atom stereocenters. The van der Waals surface area contributed by atoms with Gasteiger partial charge in [-0.3, -0.25) is 0 Å². The molecule has 1 aromatic carbocycles. The molecule has 2 nitrogen and oxygen atoms in total. The average Bonchev–Trinajstić information content (AvgIpc) is 2.18. The number of unbranched alkanes of at least 4 members (excludes halogenated alkanes) is 1. The zero-order valence-electron chi connectivity index (χ0n) is 8.13. The van der Waals surface area contributed by atoms with Crippen molar-refractivity contribution in [3.63, 3.8) is 0 Å². The van der Waals surface area contributed by atoms with E-state index >= 15 is 0 Å². The third-order valence-corrected chi connectivity index (χ3v) is 2.16. The van der Waals surface area contributed by atoms with Gasteiger partial charge in [-0.05, 0) is 18.6 Å². The van der Waals surface area contributed by atoms with Crippen LogP contribution in [0.1, 0.15) is 19.8 Å². The topological polar surface area (TPSA) is 15.3 Å². The Balaban J connectivity index is 2.51. The van der Waals surface area contributed by atoms with Crippen molar-refractivity contribution in [2.45, 2.75) is 19.8 Å². The predicted octanol–water partition coefficient (Wildman–Crippen LogP) is 3.34. The Labute approximate surface area is 88.6 Å². The second-order valence-corrected chi connectivity index (χ2v) is 3.40. The summed E-state index contributed by atoms with van der Waals surface area (Å²) in [6.45, 7) is 2.66. The zero-order valence-corrected chi connectivity index (χ0v) is 8.89. The maximum absolute atomic E-state index is 13.4. The summed E-state index contributed by atoms with van der Waals surface area (Å²) in [4.78, 5) is 0. The lowest BCUT2D eigenvalue weighted by molar-refractivity contribution is 0.362. The number of anilines is 1. The summed E-state index contributed by atoms with van der Waals surface area (Å²) >= 11 is 5.81. The van der Waals surface area contributed by atoms with Gasteiger partial charge in [0.25, 0.3) is 0 Å². The van der Waals surface area contributed by atoms with Gasteiger partial charge in [0, 0.05) is 6.54 Å². The molecule has 0 bridgehead atoms. The molecule has 0 saturated heterocycles. The summed E-state index contributed by atoms with van der Waals surface area (Å²) in [7, 11) is 0. The lowest BCUT2D eigenvalue weighted by atomic mass is 10.3. The molecule has 0 saturated carbocycles. The number of hydrogen-bond donors (Lipinski definition) is 1. The quantitative estimate of drug-likeness (QED) is 0.462. The van der Waals surface area contributed by atoms with Crippen LogP contribution in [0.25, 0.3) is 0 Å². The minimum absolute atomic E-state index is 0.352. The minimum Gasteiger partial charge on any atom is -0.205 e. The van der Waals surface area contributed by atoms with Crippen molar-refractivity contribution in [3.8, 4) is 0 Å². The van der Waals surface area contributed by atoms with Gasteiger partial charge in [0.05, 0.1) is 5.02 Å². The Morgan fingerprint density at radius 1 is 1.43 bits per heavy atom. The van der Waals surface area contributed by atoms with E-state index in [1.54, 1.807) is 24.3 Å². The van der Waals surface area contributed by atoms with Gasteiger partial charge in [-0.1, -0.05) is 41.6 Å². The van der Waals surface area contributed by atoms with Crippen molar-refractivity contribution in [1.82, 2.24) is 5.43 Å². The Morgan fingerprint density at radius 3 is 2.79 bits per heavy atom. The van der Waals surface area contributed by atoms with Gasteiger partial charge in [-0.2, -0.15) is 0 Å². The van der Waals surface area contributed by atoms with E-state index in [0.717, 1.165) is 12.8 Å². The number of hydrazine groups is 1. The summed E-state index contributed by atoms with van der Waals surface area (Å²) in [5, 5.41) is 0.872. The van der Waals surface area contributed by atoms with E-state index in [-0.39, 0.29) is 0 Å². The van der Waals surface area contributed by atoms with E-state index in [4.69, 9.17) is 11.6 Å². The molecule has 1 N–H and O–H groups in total. The molecule has 0 spiro atoms. The Bertz CT molecular complexity index is 281. The van der Waals surface area contributed by atoms with Gasteiger partial charge < -0.3 is 0 Å². The highest BCUT2D eigenvalue weighted by Crippen LogP contribution is 2.23. The first kappa shape index (κ1) is 11.3. The van der Waals surface area contributed by atoms with Crippen LogP contribution in [0.15, 0.2) is 24.3 Å². The number of hydrogen-bond acceptors (Lipinski definition) is 2. The molecule has 0 aliphatic carbocycles. The molecule has 14 heavy (non-hydrogen) atoms. The fourth-order valence-electron chi connectivity index (χ4n) is 1.05. The van der Waals surface area contributed by atoms with E-state index < -0.39 is 0 Å². The molecule has 0 amide bonds. The van der Waals surface area contributed by atoms with E-state index in [1.807, 2.05) is 0 Å². The van der Waals surface area contributed by atoms with Crippen LogP contribution in [0.4, 0.5) is 10.2 Å². The second-order valence-electron chi connectivity index (χ2n) is 2.99. The molecule has 78 valence electrons. The molecule has 0 heterocycles. The van der Waals surface area contributed by atoms with Crippen molar-refractivity contribution in [3.05, 3.63) is 29.3 Å². The highest BCUT2D eigenvalue weighted by atomic mass is 35.5. The van der Waals surface area contributed by atoms with Crippen LogP contribution in [0, 0.1) is 0 Å². The molecular formula is C10H14ClFN2. The fourth-order valence-corrected chi connectivity index (χ4v) is 1.26. The van der Waals surface area contributed by atoms with Crippen molar-refractivity contribution in [2.75, 3.05) is 11.8 Å². The van der Waals surface area contributed by atoms with Crippen LogP contribution >= 0.6 is 11.6 Å². The number of halogens is 2. The maximum atomic E-state index is 13.4. The van der Waals surface area contributed by atoms with Crippen LogP contribution in [-0.4, -0.2) is 6.54 Å². The van der Waals surface area contributed by atoms with E-state index in [1.165, 1.54) is 0 Å². The molecule has 0 aliphatic rings. The Morgan fingerprint density at radius 2 is 2.14 bits per heavy atom. The molecule has 0 radical (unpaired) electrons. The molecule has 1 aromatic rings. The smallest absolute Gasteiger partial charge is 0.106 e. The monoisotopic (exact) mass is 216 g/mol. The SMILES string of the molecule is CCCCNN(F)c1ccccc1Cl. The van der Waals surface area contributed by atoms with Gasteiger partial charge in [0.1, 0.15) is 5.69 Å². The van der Waals surface area contributed by atoms with Crippen molar-refractivity contribution >= 4 is 17.3 Å². The summed E-state index contributed by atoms with van der Waals surface area (Å²) in [5.74, 6) is 0. The lowest BCUT2D eigenvalue weighted by Gasteiger charge is -2.15. The summed E-state index contributed by atoms with van der Waals surface area (Å²) < 4.78 is 13.4. The number of para-hydroxylation sites is 1. The van der Waals surface area contributed by atoms with Crippen LogP contribution < -0.4 is 10.7 Å². The first-order valence-corrected chi connectivity index (χ1v) is 5.07. The predicted molar refractivity (Wildman–Crippen MR) is 57.9 cm³/mol. The highest BCUT2D eigenvalue weighted by Gasteiger charge is 2.07. The van der Waals surface area contributed by atoms with Crippen LogP contribution in [0.3, 0.4) is 0 Å². The normalized spacial score (nSPS) is 10.2. The number of nitrogens with zero attached hydrogens (tertiary/aromatic N) is 1. The first-order valence-electron chi connectivity index (χ1n) is 4.69. The zero-order chi connectivity index (χ0) is 10.4. The third-order valence-electron chi connectivity index (χ3n) is 1.84. The molecule has 0 fully saturated rings.